The topological polar surface area (TPSA) is 84.9 Å². The lowest BCUT2D eigenvalue weighted by molar-refractivity contribution is 0.182. The highest BCUT2D eigenvalue weighted by molar-refractivity contribution is 7.89. The third-order valence-electron chi connectivity index (χ3n) is 4.00. The number of hydrogen-bond acceptors (Lipinski definition) is 5. The molecule has 25 heavy (non-hydrogen) atoms. The van der Waals surface area contributed by atoms with E-state index < -0.39 is 21.9 Å². The van der Waals surface area contributed by atoms with Crippen LogP contribution in [0.1, 0.15) is 17.2 Å². The molecule has 2 aromatic carbocycles. The Morgan fingerprint density at radius 2 is 2.12 bits per heavy atom. The lowest BCUT2D eigenvalue weighted by Gasteiger charge is -2.14. The normalized spacial score (nSPS) is 14.7. The average Bonchev–Trinajstić information content (AvgIpc) is 3.07. The molecule has 1 aliphatic rings. The lowest BCUT2D eigenvalue weighted by Crippen LogP contribution is -2.28. The van der Waals surface area contributed by atoms with E-state index in [1.165, 1.54) is 19.2 Å². The van der Waals surface area contributed by atoms with Crippen molar-refractivity contribution in [2.24, 2.45) is 0 Å². The third-order valence-corrected chi connectivity index (χ3v) is 5.42. The maximum Gasteiger partial charge on any atom is 0.240 e. The quantitative estimate of drug-likeness (QED) is 0.813. The molecule has 0 bridgehead atoms. The lowest BCUT2D eigenvalue weighted by atomic mass is 10.0. The first-order chi connectivity index (χ1) is 11.9. The summed E-state index contributed by atoms with van der Waals surface area (Å²) in [5, 5.41) is 10.2. The van der Waals surface area contributed by atoms with Gasteiger partial charge in [0, 0.05) is 13.0 Å². The van der Waals surface area contributed by atoms with E-state index in [4.69, 9.17) is 9.47 Å². The van der Waals surface area contributed by atoms with Crippen molar-refractivity contribution in [3.8, 4) is 11.5 Å². The third kappa shape index (κ3) is 3.76. The first-order valence-electron chi connectivity index (χ1n) is 7.67. The fourth-order valence-corrected chi connectivity index (χ4v) is 3.67. The molecular weight excluding hydrogens is 349 g/mol. The van der Waals surface area contributed by atoms with Crippen LogP contribution in [0.15, 0.2) is 41.3 Å². The van der Waals surface area contributed by atoms with Crippen LogP contribution in [0.3, 0.4) is 0 Å². The summed E-state index contributed by atoms with van der Waals surface area (Å²) < 4.78 is 50.7. The van der Waals surface area contributed by atoms with Crippen molar-refractivity contribution >= 4 is 10.0 Å². The largest absolute Gasteiger partial charge is 0.494 e. The molecule has 0 saturated carbocycles. The van der Waals surface area contributed by atoms with Crippen molar-refractivity contribution in [1.29, 1.82) is 0 Å². The summed E-state index contributed by atoms with van der Waals surface area (Å²) in [6.07, 6.45) is -0.268. The van der Waals surface area contributed by atoms with Gasteiger partial charge in [0.25, 0.3) is 0 Å². The van der Waals surface area contributed by atoms with E-state index in [0.717, 1.165) is 23.8 Å². The van der Waals surface area contributed by atoms with Gasteiger partial charge in [-0.15, -0.1) is 0 Å². The van der Waals surface area contributed by atoms with Gasteiger partial charge in [-0.3, -0.25) is 0 Å². The molecule has 1 unspecified atom stereocenters. The minimum atomic E-state index is -3.95. The van der Waals surface area contributed by atoms with Crippen LogP contribution in [0.4, 0.5) is 4.39 Å². The molecule has 0 spiro atoms. The summed E-state index contributed by atoms with van der Waals surface area (Å²) in [6, 6.07) is 8.60. The smallest absolute Gasteiger partial charge is 0.240 e. The summed E-state index contributed by atoms with van der Waals surface area (Å²) in [6.45, 7) is 0.375. The van der Waals surface area contributed by atoms with Gasteiger partial charge in [-0.25, -0.2) is 17.5 Å². The van der Waals surface area contributed by atoms with Gasteiger partial charge >= 0.3 is 0 Å². The second-order valence-corrected chi connectivity index (χ2v) is 7.40. The van der Waals surface area contributed by atoms with Gasteiger partial charge in [0.2, 0.25) is 10.0 Å². The summed E-state index contributed by atoms with van der Waals surface area (Å²) in [5.41, 5.74) is 1.57. The molecule has 0 aromatic heterocycles. The Morgan fingerprint density at radius 3 is 2.84 bits per heavy atom. The van der Waals surface area contributed by atoms with Crippen molar-refractivity contribution in [2.45, 2.75) is 17.4 Å². The van der Waals surface area contributed by atoms with Crippen LogP contribution in [-0.4, -0.2) is 33.8 Å². The molecule has 0 amide bonds. The Morgan fingerprint density at radius 1 is 1.32 bits per heavy atom. The first-order valence-corrected chi connectivity index (χ1v) is 9.16. The molecule has 2 N–H and O–H groups in total. The number of hydrogen-bond donors (Lipinski definition) is 2. The summed E-state index contributed by atoms with van der Waals surface area (Å²) in [4.78, 5) is -0.236. The van der Waals surface area contributed by atoms with Gasteiger partial charge in [0.1, 0.15) is 5.75 Å². The summed E-state index contributed by atoms with van der Waals surface area (Å²) in [5.74, 6) is -0.0332. The number of sulfonamides is 1. The zero-order chi connectivity index (χ0) is 18.0. The van der Waals surface area contributed by atoms with E-state index in [2.05, 4.69) is 4.72 Å². The van der Waals surface area contributed by atoms with Gasteiger partial charge in [-0.2, -0.15) is 0 Å². The number of fused-ring (bicyclic) bond motifs is 1. The predicted octanol–water partition coefficient (Wildman–Crippen LogP) is 1.78. The number of benzene rings is 2. The molecule has 0 radical (unpaired) electrons. The van der Waals surface area contributed by atoms with Crippen LogP contribution in [0.5, 0.6) is 11.5 Å². The molecule has 134 valence electrons. The predicted molar refractivity (Wildman–Crippen MR) is 88.7 cm³/mol. The average molecular weight is 367 g/mol. The first kappa shape index (κ1) is 17.7. The van der Waals surface area contributed by atoms with Crippen LogP contribution in [-0.2, 0) is 16.4 Å². The van der Waals surface area contributed by atoms with Crippen LogP contribution in [0, 0.1) is 5.82 Å². The monoisotopic (exact) mass is 367 g/mol. The van der Waals surface area contributed by atoms with Gasteiger partial charge in [0.05, 0.1) is 24.7 Å². The molecular formula is C17H18FNO5S. The SMILES string of the molecule is COc1ccc(S(=O)(=O)NCC(O)c2ccc3c(c2)CCO3)cc1F. The summed E-state index contributed by atoms with van der Waals surface area (Å²) in [7, 11) is -2.66. The Hall–Kier alpha value is -2.16. The number of methoxy groups -OCH3 is 1. The van der Waals surface area contributed by atoms with E-state index >= 15 is 0 Å². The van der Waals surface area contributed by atoms with E-state index in [0.29, 0.717) is 12.2 Å². The highest BCUT2D eigenvalue weighted by Crippen LogP contribution is 2.28. The van der Waals surface area contributed by atoms with Crippen molar-refractivity contribution < 1.29 is 27.4 Å². The van der Waals surface area contributed by atoms with Crippen LogP contribution in [0.2, 0.25) is 0 Å². The number of nitrogens with one attached hydrogen (secondary N) is 1. The molecule has 1 aliphatic heterocycles. The Bertz CT molecular complexity index is 885. The van der Waals surface area contributed by atoms with Crippen LogP contribution in [0.25, 0.3) is 0 Å². The minimum absolute atomic E-state index is 0.0423. The van der Waals surface area contributed by atoms with E-state index in [9.17, 15) is 17.9 Å². The van der Waals surface area contributed by atoms with Crippen molar-refractivity contribution in [1.82, 2.24) is 4.72 Å². The van der Waals surface area contributed by atoms with Crippen molar-refractivity contribution in [3.05, 3.63) is 53.3 Å². The fraction of sp³-hybridized carbons (Fsp3) is 0.294. The van der Waals surface area contributed by atoms with E-state index in [1.807, 2.05) is 0 Å². The van der Waals surface area contributed by atoms with Gasteiger partial charge in [0.15, 0.2) is 11.6 Å². The van der Waals surface area contributed by atoms with Crippen LogP contribution >= 0.6 is 0 Å². The number of ether oxygens (including phenoxy) is 2. The van der Waals surface area contributed by atoms with E-state index in [-0.39, 0.29) is 17.2 Å². The maximum atomic E-state index is 13.7. The van der Waals surface area contributed by atoms with Crippen molar-refractivity contribution in [2.75, 3.05) is 20.3 Å². The molecule has 0 fully saturated rings. The fourth-order valence-electron chi connectivity index (χ4n) is 2.62. The Kier molecular flexibility index (Phi) is 4.94. The number of aliphatic hydroxyl groups is 1. The molecule has 0 aliphatic carbocycles. The standard InChI is InChI=1S/C17H18FNO5S/c1-23-17-5-3-13(9-14(17)18)25(21,22)19-10-15(20)11-2-4-16-12(8-11)6-7-24-16/h2-5,8-9,15,19-20H,6-7,10H2,1H3. The van der Waals surface area contributed by atoms with Gasteiger partial charge in [-0.1, -0.05) is 6.07 Å². The van der Waals surface area contributed by atoms with Crippen LogP contribution < -0.4 is 14.2 Å². The second-order valence-electron chi connectivity index (χ2n) is 5.63. The molecule has 2 aromatic rings. The maximum absolute atomic E-state index is 13.7. The van der Waals surface area contributed by atoms with Gasteiger partial charge < -0.3 is 14.6 Å². The highest BCUT2D eigenvalue weighted by atomic mass is 32.2. The van der Waals surface area contributed by atoms with Crippen molar-refractivity contribution in [3.63, 3.8) is 0 Å². The van der Waals surface area contributed by atoms with E-state index in [1.54, 1.807) is 18.2 Å². The zero-order valence-electron chi connectivity index (χ0n) is 13.5. The number of aliphatic hydroxyl groups excluding tert-OH is 1. The summed E-state index contributed by atoms with van der Waals surface area (Å²) >= 11 is 0. The molecule has 6 nitrogen and oxygen atoms in total. The molecule has 0 saturated heterocycles. The second kappa shape index (κ2) is 6.99. The molecule has 1 heterocycles. The number of rotatable bonds is 6. The van der Waals surface area contributed by atoms with Gasteiger partial charge in [-0.05, 0) is 41.5 Å². The minimum Gasteiger partial charge on any atom is -0.494 e. The zero-order valence-corrected chi connectivity index (χ0v) is 14.3. The Labute approximate surface area is 145 Å². The molecule has 1 atom stereocenters. The number of halogens is 1. The highest BCUT2D eigenvalue weighted by Gasteiger charge is 2.20. The molecule has 3 rings (SSSR count). The Balaban J connectivity index is 1.70. The molecule has 8 heteroatoms.